The van der Waals surface area contributed by atoms with E-state index in [4.69, 9.17) is 24.7 Å². The molecule has 0 aromatic carbocycles. The molecular formula is C8H16BNO4. The maximum atomic E-state index is 5.86. The lowest BCUT2D eigenvalue weighted by Crippen LogP contribution is -2.56. The van der Waals surface area contributed by atoms with Crippen molar-refractivity contribution in [3.05, 3.63) is 0 Å². The summed E-state index contributed by atoms with van der Waals surface area (Å²) in [6, 6.07) is 0.00917. The predicted octanol–water partition coefficient (Wildman–Crippen LogP) is -1.94. The van der Waals surface area contributed by atoms with Crippen LogP contribution in [0.2, 0.25) is 0 Å². The zero-order chi connectivity index (χ0) is 10.3. The van der Waals surface area contributed by atoms with Crippen LogP contribution >= 0.6 is 0 Å². The molecule has 2 heterocycles. The summed E-state index contributed by atoms with van der Waals surface area (Å²) in [6.07, 6.45) is -0.675. The molecule has 0 aromatic rings. The van der Waals surface area contributed by atoms with Crippen molar-refractivity contribution in [1.82, 2.24) is 0 Å². The highest BCUT2D eigenvalue weighted by molar-refractivity contribution is 6.11. The maximum absolute atomic E-state index is 5.86. The van der Waals surface area contributed by atoms with E-state index in [1.807, 2.05) is 7.85 Å². The summed E-state index contributed by atoms with van der Waals surface area (Å²) in [7, 11) is 5.22. The standard InChI is InChI=1S/C8H16BNO4/c1-11-3-8-5(12-2)4(6(9)14-8)13-7(8)10/h4-7H,3,9-10H2,1-2H3. The van der Waals surface area contributed by atoms with E-state index >= 15 is 0 Å². The number of hydrogen-bond donors (Lipinski definition) is 1. The Bertz CT molecular complexity index is 229. The topological polar surface area (TPSA) is 62.9 Å². The Morgan fingerprint density at radius 1 is 1.50 bits per heavy atom. The highest BCUT2D eigenvalue weighted by Gasteiger charge is 2.64. The van der Waals surface area contributed by atoms with Gasteiger partial charge in [0.15, 0.2) is 5.60 Å². The van der Waals surface area contributed by atoms with Crippen LogP contribution in [0, 0.1) is 0 Å². The van der Waals surface area contributed by atoms with Gasteiger partial charge in [0, 0.05) is 14.2 Å². The number of rotatable bonds is 3. The van der Waals surface area contributed by atoms with E-state index in [0.29, 0.717) is 6.61 Å². The zero-order valence-corrected chi connectivity index (χ0v) is 8.73. The highest BCUT2D eigenvalue weighted by atomic mass is 16.7. The Morgan fingerprint density at radius 2 is 2.21 bits per heavy atom. The van der Waals surface area contributed by atoms with Crippen molar-refractivity contribution in [3.8, 4) is 0 Å². The lowest BCUT2D eigenvalue weighted by molar-refractivity contribution is -0.182. The molecule has 2 N–H and O–H groups in total. The van der Waals surface area contributed by atoms with Gasteiger partial charge in [-0.3, -0.25) is 0 Å². The van der Waals surface area contributed by atoms with Crippen LogP contribution in [0.3, 0.4) is 0 Å². The summed E-state index contributed by atoms with van der Waals surface area (Å²) in [5, 5.41) is 0. The molecule has 80 valence electrons. The molecule has 2 fully saturated rings. The van der Waals surface area contributed by atoms with Crippen molar-refractivity contribution in [2.75, 3.05) is 20.8 Å². The largest absolute Gasteiger partial charge is 0.381 e. The zero-order valence-electron chi connectivity index (χ0n) is 8.73. The van der Waals surface area contributed by atoms with Crippen molar-refractivity contribution >= 4 is 7.85 Å². The van der Waals surface area contributed by atoms with Gasteiger partial charge in [-0.1, -0.05) is 0 Å². The van der Waals surface area contributed by atoms with Crippen molar-refractivity contribution < 1.29 is 18.9 Å². The second kappa shape index (κ2) is 3.46. The fraction of sp³-hybridized carbons (Fsp3) is 1.00. The fourth-order valence-electron chi connectivity index (χ4n) is 2.46. The van der Waals surface area contributed by atoms with E-state index in [1.165, 1.54) is 0 Å². The Morgan fingerprint density at radius 3 is 2.79 bits per heavy atom. The van der Waals surface area contributed by atoms with Crippen LogP contribution in [0.25, 0.3) is 0 Å². The molecule has 0 spiro atoms. The first-order valence-electron chi connectivity index (χ1n) is 4.76. The summed E-state index contributed by atoms with van der Waals surface area (Å²) in [5.41, 5.74) is 5.23. The van der Waals surface area contributed by atoms with Gasteiger partial charge in [0.1, 0.15) is 26.3 Å². The van der Waals surface area contributed by atoms with Gasteiger partial charge in [0.2, 0.25) is 0 Å². The van der Waals surface area contributed by atoms with Gasteiger partial charge in [-0.2, -0.15) is 0 Å². The van der Waals surface area contributed by atoms with E-state index < -0.39 is 11.8 Å². The van der Waals surface area contributed by atoms with Crippen molar-refractivity contribution in [2.45, 2.75) is 30.0 Å². The van der Waals surface area contributed by atoms with Gasteiger partial charge in [-0.05, 0) is 0 Å². The highest BCUT2D eigenvalue weighted by Crippen LogP contribution is 2.43. The third kappa shape index (κ3) is 1.15. The second-order valence-corrected chi connectivity index (χ2v) is 3.89. The number of methoxy groups -OCH3 is 2. The third-order valence-electron chi connectivity index (χ3n) is 3.06. The Kier molecular flexibility index (Phi) is 2.57. The minimum absolute atomic E-state index is 0.00917. The third-order valence-corrected chi connectivity index (χ3v) is 3.06. The molecule has 0 radical (unpaired) electrons. The van der Waals surface area contributed by atoms with Crippen LogP contribution in [0.5, 0.6) is 0 Å². The Labute approximate surface area is 84.2 Å². The number of nitrogens with two attached hydrogens (primary N) is 1. The van der Waals surface area contributed by atoms with E-state index in [2.05, 4.69) is 0 Å². The van der Waals surface area contributed by atoms with Crippen LogP contribution in [-0.4, -0.2) is 58.7 Å². The Balaban J connectivity index is 2.25. The van der Waals surface area contributed by atoms with Crippen LogP contribution in [0.15, 0.2) is 0 Å². The SMILES string of the molecule is BC1OC2(COC)C(N)OC1C2OC. The molecule has 2 bridgehead atoms. The summed E-state index contributed by atoms with van der Waals surface area (Å²) in [6.45, 7) is 0.396. The second-order valence-electron chi connectivity index (χ2n) is 3.89. The van der Waals surface area contributed by atoms with Crippen LogP contribution in [-0.2, 0) is 18.9 Å². The molecule has 5 atom stereocenters. The van der Waals surface area contributed by atoms with Gasteiger partial charge < -0.3 is 24.7 Å². The molecule has 5 nitrogen and oxygen atoms in total. The smallest absolute Gasteiger partial charge is 0.158 e. The van der Waals surface area contributed by atoms with E-state index in [0.717, 1.165) is 0 Å². The number of fused-ring (bicyclic) bond motifs is 2. The van der Waals surface area contributed by atoms with E-state index in [1.54, 1.807) is 14.2 Å². The predicted molar refractivity (Wildman–Crippen MR) is 51.7 cm³/mol. The van der Waals surface area contributed by atoms with Gasteiger partial charge in [-0.15, -0.1) is 0 Å². The molecule has 2 saturated heterocycles. The molecule has 14 heavy (non-hydrogen) atoms. The average Bonchev–Trinajstić information content (AvgIpc) is 2.54. The van der Waals surface area contributed by atoms with Crippen LogP contribution in [0.1, 0.15) is 0 Å². The summed E-state index contributed by atoms with van der Waals surface area (Å²) in [4.78, 5) is 0. The molecule has 0 amide bonds. The first-order chi connectivity index (χ1) is 6.65. The summed E-state index contributed by atoms with van der Waals surface area (Å²) >= 11 is 0. The number of hydrogen-bond acceptors (Lipinski definition) is 5. The minimum Gasteiger partial charge on any atom is -0.381 e. The lowest BCUT2D eigenvalue weighted by atomic mass is 9.91. The quantitative estimate of drug-likeness (QED) is 0.538. The molecule has 2 aliphatic heterocycles. The van der Waals surface area contributed by atoms with Crippen molar-refractivity contribution in [3.63, 3.8) is 0 Å². The monoisotopic (exact) mass is 201 g/mol. The van der Waals surface area contributed by atoms with Gasteiger partial charge in [0.25, 0.3) is 0 Å². The first kappa shape index (κ1) is 10.4. The van der Waals surface area contributed by atoms with Crippen LogP contribution in [0.4, 0.5) is 0 Å². The molecule has 2 rings (SSSR count). The fourth-order valence-corrected chi connectivity index (χ4v) is 2.46. The molecule has 5 unspecified atom stereocenters. The van der Waals surface area contributed by atoms with Crippen LogP contribution < -0.4 is 5.73 Å². The minimum atomic E-state index is -0.631. The van der Waals surface area contributed by atoms with E-state index in [9.17, 15) is 0 Å². The van der Waals surface area contributed by atoms with E-state index in [-0.39, 0.29) is 18.2 Å². The average molecular weight is 201 g/mol. The van der Waals surface area contributed by atoms with Crippen molar-refractivity contribution in [1.29, 1.82) is 0 Å². The molecule has 0 aliphatic carbocycles. The molecular weight excluding hydrogens is 185 g/mol. The van der Waals surface area contributed by atoms with Gasteiger partial charge >= 0.3 is 0 Å². The molecule has 0 aromatic heterocycles. The molecule has 2 aliphatic rings. The van der Waals surface area contributed by atoms with Gasteiger partial charge in [-0.25, -0.2) is 0 Å². The van der Waals surface area contributed by atoms with Gasteiger partial charge in [0.05, 0.1) is 12.6 Å². The summed E-state index contributed by atoms with van der Waals surface area (Å²) < 4.78 is 21.9. The molecule has 6 heteroatoms. The first-order valence-corrected chi connectivity index (χ1v) is 4.76. The summed E-state index contributed by atoms with van der Waals surface area (Å²) in [5.74, 6) is 0. The molecule has 0 saturated carbocycles. The Hall–Kier alpha value is -0.135. The normalized spacial score (nSPS) is 51.4. The number of ether oxygens (including phenoxy) is 4. The van der Waals surface area contributed by atoms with Crippen molar-refractivity contribution in [2.24, 2.45) is 5.73 Å². The lowest BCUT2D eigenvalue weighted by Gasteiger charge is -2.34. The maximum Gasteiger partial charge on any atom is 0.158 e.